The Bertz CT molecular complexity index is 1460. The molecule has 9 nitrogen and oxygen atoms in total. The maximum atomic E-state index is 13.0. The second kappa shape index (κ2) is 10.9. The van der Waals surface area contributed by atoms with Crippen LogP contribution in [0.3, 0.4) is 0 Å². The first-order valence-corrected chi connectivity index (χ1v) is 12.1. The fourth-order valence-electron chi connectivity index (χ4n) is 4.25. The molecule has 1 aromatic carbocycles. The number of nitrogens with zero attached hydrogens (tertiary/aromatic N) is 6. The van der Waals surface area contributed by atoms with Crippen LogP contribution in [0.25, 0.3) is 22.6 Å². The molecule has 0 radical (unpaired) electrons. The highest BCUT2D eigenvalue weighted by Crippen LogP contribution is 2.26. The second-order valence-corrected chi connectivity index (χ2v) is 9.00. The number of aliphatic imine (C=N–C) groups is 1. The third kappa shape index (κ3) is 5.78. The van der Waals surface area contributed by atoms with E-state index in [1.54, 1.807) is 24.4 Å². The molecular formula is C27H28F2N8O. The Labute approximate surface area is 218 Å². The lowest BCUT2D eigenvalue weighted by atomic mass is 10.1. The zero-order chi connectivity index (χ0) is 26.5. The van der Waals surface area contributed by atoms with Gasteiger partial charge < -0.3 is 15.8 Å². The van der Waals surface area contributed by atoms with E-state index in [9.17, 15) is 8.78 Å². The van der Waals surface area contributed by atoms with Gasteiger partial charge in [0.15, 0.2) is 0 Å². The van der Waals surface area contributed by atoms with E-state index in [1.165, 1.54) is 12.5 Å². The van der Waals surface area contributed by atoms with Crippen LogP contribution in [-0.4, -0.2) is 69.7 Å². The molecule has 5 rings (SSSR count). The monoisotopic (exact) mass is 518 g/mol. The first kappa shape index (κ1) is 25.3. The van der Waals surface area contributed by atoms with Crippen molar-refractivity contribution in [3.63, 3.8) is 0 Å². The molecule has 0 amide bonds. The summed E-state index contributed by atoms with van der Waals surface area (Å²) in [6.07, 6.45) is 8.38. The molecule has 1 aliphatic heterocycles. The molecule has 4 heterocycles. The SMILES string of the molecule is CN=CC(=CN)c1ccc(CNc2cc(-c3cnc4cc(OCCN5CC(F)(F)C5)ccn34)ncn2)cc1. The third-order valence-corrected chi connectivity index (χ3v) is 6.21. The number of likely N-dealkylation sites (tertiary alicyclic amines) is 1. The summed E-state index contributed by atoms with van der Waals surface area (Å²) in [5.41, 5.74) is 10.8. The van der Waals surface area contributed by atoms with E-state index >= 15 is 0 Å². The van der Waals surface area contributed by atoms with Crippen molar-refractivity contribution >= 4 is 23.3 Å². The van der Waals surface area contributed by atoms with Gasteiger partial charge in [-0.25, -0.2) is 23.7 Å². The molecule has 0 spiro atoms. The van der Waals surface area contributed by atoms with Crippen LogP contribution in [0, 0.1) is 0 Å². The number of pyridine rings is 1. The highest BCUT2D eigenvalue weighted by molar-refractivity contribution is 6.09. The molecule has 1 aliphatic rings. The van der Waals surface area contributed by atoms with Crippen molar-refractivity contribution in [3.05, 3.63) is 78.5 Å². The van der Waals surface area contributed by atoms with E-state index in [2.05, 4.69) is 25.3 Å². The summed E-state index contributed by atoms with van der Waals surface area (Å²) in [7, 11) is 1.71. The van der Waals surface area contributed by atoms with E-state index < -0.39 is 5.92 Å². The predicted molar refractivity (Wildman–Crippen MR) is 143 cm³/mol. The molecule has 11 heteroatoms. The molecule has 0 bridgehead atoms. The van der Waals surface area contributed by atoms with Crippen LogP contribution in [0.4, 0.5) is 14.6 Å². The van der Waals surface area contributed by atoms with Crippen molar-refractivity contribution in [2.24, 2.45) is 10.7 Å². The smallest absolute Gasteiger partial charge is 0.272 e. The fraction of sp³-hybridized carbons (Fsp3) is 0.259. The van der Waals surface area contributed by atoms with Crippen molar-refractivity contribution in [3.8, 4) is 17.1 Å². The minimum absolute atomic E-state index is 0.205. The largest absolute Gasteiger partial charge is 0.492 e. The number of rotatable bonds is 10. The van der Waals surface area contributed by atoms with Gasteiger partial charge in [-0.3, -0.25) is 14.3 Å². The Morgan fingerprint density at radius 3 is 2.71 bits per heavy atom. The molecule has 1 saturated heterocycles. The highest BCUT2D eigenvalue weighted by Gasteiger charge is 2.43. The molecule has 196 valence electrons. The maximum Gasteiger partial charge on any atom is 0.272 e. The molecule has 0 atom stereocenters. The molecule has 38 heavy (non-hydrogen) atoms. The normalized spacial score (nSPS) is 15.6. The predicted octanol–water partition coefficient (Wildman–Crippen LogP) is 3.73. The van der Waals surface area contributed by atoms with Gasteiger partial charge >= 0.3 is 0 Å². The zero-order valence-electron chi connectivity index (χ0n) is 20.9. The van der Waals surface area contributed by atoms with Gasteiger partial charge in [0.1, 0.15) is 30.1 Å². The van der Waals surface area contributed by atoms with Crippen molar-refractivity contribution in [1.82, 2.24) is 24.3 Å². The Balaban J connectivity index is 1.21. The van der Waals surface area contributed by atoms with Crippen molar-refractivity contribution in [2.75, 3.05) is 38.6 Å². The van der Waals surface area contributed by atoms with Gasteiger partial charge in [0.2, 0.25) is 0 Å². The fourth-order valence-corrected chi connectivity index (χ4v) is 4.25. The van der Waals surface area contributed by atoms with Gasteiger partial charge in [-0.2, -0.15) is 0 Å². The number of nitrogens with one attached hydrogen (secondary N) is 1. The Kier molecular flexibility index (Phi) is 7.27. The summed E-state index contributed by atoms with van der Waals surface area (Å²) >= 11 is 0. The molecule has 0 unspecified atom stereocenters. The summed E-state index contributed by atoms with van der Waals surface area (Å²) in [6, 6.07) is 13.6. The van der Waals surface area contributed by atoms with E-state index in [1.807, 2.05) is 53.1 Å². The van der Waals surface area contributed by atoms with Crippen LogP contribution in [0.1, 0.15) is 11.1 Å². The second-order valence-electron chi connectivity index (χ2n) is 9.00. The van der Waals surface area contributed by atoms with Crippen molar-refractivity contribution < 1.29 is 13.5 Å². The van der Waals surface area contributed by atoms with Crippen LogP contribution in [0.15, 0.2) is 72.4 Å². The van der Waals surface area contributed by atoms with Gasteiger partial charge in [0, 0.05) is 56.5 Å². The molecule has 4 aromatic rings. The van der Waals surface area contributed by atoms with E-state index in [0.717, 1.165) is 22.4 Å². The number of hydrogen-bond donors (Lipinski definition) is 2. The van der Waals surface area contributed by atoms with Gasteiger partial charge in [-0.05, 0) is 17.2 Å². The zero-order valence-corrected chi connectivity index (χ0v) is 20.9. The summed E-state index contributed by atoms with van der Waals surface area (Å²) in [4.78, 5) is 18.9. The van der Waals surface area contributed by atoms with Crippen LogP contribution in [0.2, 0.25) is 0 Å². The number of anilines is 1. The number of imidazole rings is 1. The van der Waals surface area contributed by atoms with Crippen LogP contribution in [-0.2, 0) is 6.54 Å². The average Bonchev–Trinajstić information content (AvgIpc) is 3.33. The number of alkyl halides is 2. The lowest BCUT2D eigenvalue weighted by Crippen LogP contribution is -2.56. The van der Waals surface area contributed by atoms with Crippen LogP contribution >= 0.6 is 0 Å². The topological polar surface area (TPSA) is 106 Å². The minimum Gasteiger partial charge on any atom is -0.492 e. The Morgan fingerprint density at radius 1 is 1.16 bits per heavy atom. The van der Waals surface area contributed by atoms with Crippen molar-refractivity contribution in [1.29, 1.82) is 0 Å². The quantitative estimate of drug-likeness (QED) is 0.308. The number of aromatic nitrogens is 4. The lowest BCUT2D eigenvalue weighted by molar-refractivity contribution is -0.132. The first-order chi connectivity index (χ1) is 18.4. The van der Waals surface area contributed by atoms with E-state index in [4.69, 9.17) is 10.5 Å². The molecule has 0 aliphatic carbocycles. The van der Waals surface area contributed by atoms with Gasteiger partial charge in [-0.1, -0.05) is 24.3 Å². The van der Waals surface area contributed by atoms with Crippen LogP contribution in [0.5, 0.6) is 5.75 Å². The van der Waals surface area contributed by atoms with E-state index in [0.29, 0.717) is 42.6 Å². The average molecular weight is 519 g/mol. The molecule has 3 aromatic heterocycles. The minimum atomic E-state index is -2.57. The lowest BCUT2D eigenvalue weighted by Gasteiger charge is -2.38. The molecular weight excluding hydrogens is 490 g/mol. The summed E-state index contributed by atoms with van der Waals surface area (Å²) in [6.45, 7) is 0.970. The van der Waals surface area contributed by atoms with E-state index in [-0.39, 0.29) is 13.1 Å². The number of nitrogens with two attached hydrogens (primary N) is 1. The number of hydrogen-bond acceptors (Lipinski definition) is 8. The van der Waals surface area contributed by atoms with Gasteiger partial charge in [0.25, 0.3) is 5.92 Å². The number of allylic oxidation sites excluding steroid dienone is 1. The number of ether oxygens (including phenoxy) is 1. The summed E-state index contributed by atoms with van der Waals surface area (Å²) in [5, 5.41) is 3.34. The highest BCUT2D eigenvalue weighted by atomic mass is 19.3. The maximum absolute atomic E-state index is 13.0. The van der Waals surface area contributed by atoms with Gasteiger partial charge in [0.05, 0.1) is 30.7 Å². The number of benzene rings is 1. The number of fused-ring (bicyclic) bond motifs is 1. The Hall–Kier alpha value is -4.38. The van der Waals surface area contributed by atoms with Crippen LogP contribution < -0.4 is 15.8 Å². The van der Waals surface area contributed by atoms with Gasteiger partial charge in [-0.15, -0.1) is 0 Å². The molecule has 3 N–H and O–H groups in total. The Morgan fingerprint density at radius 2 is 1.97 bits per heavy atom. The summed E-state index contributed by atoms with van der Waals surface area (Å²) < 4.78 is 33.6. The standard InChI is InChI=1S/C27H28F2N8O/c1-31-14-21(12-30)20-4-2-19(3-5-20)13-32-25-11-23(34-18-35-25)24-15-33-26-10-22(6-7-37(24)26)38-9-8-36-16-27(28,29)17-36/h2-7,10-12,14-15,18H,8-9,13,16-17,30H2,1H3,(H,32,34,35). The number of halogens is 2. The third-order valence-electron chi connectivity index (χ3n) is 6.21. The molecule has 0 saturated carbocycles. The summed E-state index contributed by atoms with van der Waals surface area (Å²) in [5.74, 6) is -1.25. The van der Waals surface area contributed by atoms with Crippen molar-refractivity contribution in [2.45, 2.75) is 12.5 Å². The molecule has 1 fully saturated rings. The first-order valence-electron chi connectivity index (χ1n) is 12.1.